The fraction of sp³-hybridized carbons (Fsp3) is 0.412. The maximum Gasteiger partial charge on any atom is 0.255 e. The van der Waals surface area contributed by atoms with Crippen LogP contribution in [0, 0.1) is 0 Å². The van der Waals surface area contributed by atoms with Crippen LogP contribution in [-0.4, -0.2) is 55.7 Å². The normalized spacial score (nSPS) is 21.7. The van der Waals surface area contributed by atoms with Crippen LogP contribution in [0.2, 0.25) is 0 Å². The summed E-state index contributed by atoms with van der Waals surface area (Å²) < 4.78 is 6.15. The minimum absolute atomic E-state index is 0.0361. The minimum atomic E-state index is 0.0361. The van der Waals surface area contributed by atoms with Crippen LogP contribution < -0.4 is 0 Å². The zero-order valence-corrected chi connectivity index (χ0v) is 14.0. The number of rotatable bonds is 4. The highest BCUT2D eigenvalue weighted by molar-refractivity contribution is 8.01. The molecule has 0 aliphatic carbocycles. The van der Waals surface area contributed by atoms with Gasteiger partial charge in [-0.1, -0.05) is 6.07 Å². The Balaban J connectivity index is 1.28. The van der Waals surface area contributed by atoms with E-state index in [1.807, 2.05) is 34.9 Å². The number of amides is 1. The summed E-state index contributed by atoms with van der Waals surface area (Å²) in [7, 11) is 0. The summed E-state index contributed by atoms with van der Waals surface area (Å²) in [6.07, 6.45) is 6.08. The Morgan fingerprint density at radius 1 is 1.29 bits per heavy atom. The second kappa shape index (κ2) is 6.49. The largest absolute Gasteiger partial charge is 0.371 e. The van der Waals surface area contributed by atoms with Gasteiger partial charge in [-0.25, -0.2) is 0 Å². The highest BCUT2D eigenvalue weighted by atomic mass is 32.2. The van der Waals surface area contributed by atoms with Crippen LogP contribution >= 0.6 is 11.8 Å². The fourth-order valence-electron chi connectivity index (χ4n) is 3.21. The van der Waals surface area contributed by atoms with Crippen molar-refractivity contribution in [3.63, 3.8) is 0 Å². The Hall–Kier alpha value is -1.99. The van der Waals surface area contributed by atoms with Crippen LogP contribution in [0.4, 0.5) is 0 Å². The predicted octanol–water partition coefficient (Wildman–Crippen LogP) is 1.79. The maximum absolute atomic E-state index is 12.4. The standard InChI is InChI=1S/C17H18N4O2S/c22-16(13-4-6-19-20-8-13)21-11-17(12-21)7-15(10-24-17)23-9-14-3-1-2-5-18-14/h1-6,8,15H,7,9-12H2/t15-/m1/s1. The topological polar surface area (TPSA) is 68.2 Å². The van der Waals surface area contributed by atoms with Gasteiger partial charge < -0.3 is 9.64 Å². The number of carbonyl (C=O) groups excluding carboxylic acids is 1. The second-order valence-corrected chi connectivity index (χ2v) is 7.73. The highest BCUT2D eigenvalue weighted by Gasteiger charge is 2.51. The first-order valence-electron chi connectivity index (χ1n) is 7.96. The van der Waals surface area contributed by atoms with E-state index < -0.39 is 0 Å². The van der Waals surface area contributed by atoms with Gasteiger partial charge in [-0.3, -0.25) is 9.78 Å². The summed E-state index contributed by atoms with van der Waals surface area (Å²) in [6.45, 7) is 2.11. The van der Waals surface area contributed by atoms with Crippen LogP contribution in [0.5, 0.6) is 0 Å². The molecule has 2 aromatic rings. The van der Waals surface area contributed by atoms with E-state index in [1.165, 1.54) is 6.20 Å². The van der Waals surface area contributed by atoms with Crippen molar-refractivity contribution in [2.75, 3.05) is 18.8 Å². The quantitative estimate of drug-likeness (QED) is 0.844. The average Bonchev–Trinajstić information content (AvgIpc) is 3.04. The molecule has 1 spiro atoms. The summed E-state index contributed by atoms with van der Waals surface area (Å²) in [5, 5.41) is 7.48. The van der Waals surface area contributed by atoms with Gasteiger partial charge in [-0.05, 0) is 24.6 Å². The van der Waals surface area contributed by atoms with Gasteiger partial charge in [0.15, 0.2) is 0 Å². The van der Waals surface area contributed by atoms with Gasteiger partial charge in [0.2, 0.25) is 0 Å². The van der Waals surface area contributed by atoms with E-state index in [-0.39, 0.29) is 16.8 Å². The predicted molar refractivity (Wildman–Crippen MR) is 90.6 cm³/mol. The summed E-state index contributed by atoms with van der Waals surface area (Å²) in [6, 6.07) is 7.56. The number of aromatic nitrogens is 3. The monoisotopic (exact) mass is 342 g/mol. The number of thioether (sulfide) groups is 1. The van der Waals surface area contributed by atoms with Gasteiger partial charge in [0, 0.05) is 25.0 Å². The van der Waals surface area contributed by atoms with Gasteiger partial charge in [0.05, 0.1) is 41.1 Å². The maximum atomic E-state index is 12.4. The molecule has 2 aliphatic rings. The lowest BCUT2D eigenvalue weighted by Crippen LogP contribution is -2.60. The molecule has 2 saturated heterocycles. The molecule has 7 heteroatoms. The van der Waals surface area contributed by atoms with E-state index in [0.29, 0.717) is 12.2 Å². The molecule has 0 bridgehead atoms. The van der Waals surface area contributed by atoms with Gasteiger partial charge in [-0.15, -0.1) is 11.8 Å². The summed E-state index contributed by atoms with van der Waals surface area (Å²) in [5.74, 6) is 1.01. The Kier molecular flexibility index (Phi) is 4.20. The highest BCUT2D eigenvalue weighted by Crippen LogP contribution is 2.46. The molecule has 0 N–H and O–H groups in total. The molecule has 0 saturated carbocycles. The number of pyridine rings is 1. The van der Waals surface area contributed by atoms with Gasteiger partial charge in [-0.2, -0.15) is 10.2 Å². The molecular formula is C17H18N4O2S. The van der Waals surface area contributed by atoms with Crippen LogP contribution in [-0.2, 0) is 11.3 Å². The third-order valence-corrected chi connectivity index (χ3v) is 6.02. The lowest BCUT2D eigenvalue weighted by molar-refractivity contribution is 0.0245. The Morgan fingerprint density at radius 2 is 2.21 bits per heavy atom. The molecule has 124 valence electrons. The minimum Gasteiger partial charge on any atom is -0.371 e. The van der Waals surface area contributed by atoms with Crippen LogP contribution in [0.25, 0.3) is 0 Å². The van der Waals surface area contributed by atoms with Gasteiger partial charge in [0.1, 0.15) is 0 Å². The first-order chi connectivity index (χ1) is 11.7. The zero-order chi connectivity index (χ0) is 16.4. The second-order valence-electron chi connectivity index (χ2n) is 6.24. The number of ether oxygens (including phenoxy) is 1. The van der Waals surface area contributed by atoms with Crippen LogP contribution in [0.15, 0.2) is 42.9 Å². The molecule has 6 nitrogen and oxygen atoms in total. The van der Waals surface area contributed by atoms with E-state index in [4.69, 9.17) is 4.74 Å². The molecule has 4 rings (SSSR count). The number of nitrogens with zero attached hydrogens (tertiary/aromatic N) is 4. The lowest BCUT2D eigenvalue weighted by atomic mass is 9.92. The van der Waals surface area contributed by atoms with Crippen LogP contribution in [0.3, 0.4) is 0 Å². The van der Waals surface area contributed by atoms with Crippen molar-refractivity contribution in [2.45, 2.75) is 23.9 Å². The van der Waals surface area contributed by atoms with Crippen LogP contribution in [0.1, 0.15) is 22.5 Å². The number of hydrogen-bond donors (Lipinski definition) is 0. The Bertz CT molecular complexity index is 707. The molecule has 4 heterocycles. The van der Waals surface area contributed by atoms with Crippen molar-refractivity contribution in [2.24, 2.45) is 0 Å². The SMILES string of the molecule is O=C(c1ccnnc1)N1CC2(C[C@@H](OCc3ccccn3)CS2)C1. The molecule has 0 radical (unpaired) electrons. The number of likely N-dealkylation sites (tertiary alicyclic amines) is 1. The molecule has 2 fully saturated rings. The Morgan fingerprint density at radius 3 is 2.96 bits per heavy atom. The molecule has 2 aliphatic heterocycles. The van der Waals surface area contributed by atoms with E-state index in [0.717, 1.165) is 31.0 Å². The molecule has 2 aromatic heterocycles. The molecule has 0 aromatic carbocycles. The van der Waals surface area contributed by atoms with E-state index in [2.05, 4.69) is 15.2 Å². The van der Waals surface area contributed by atoms with Crippen molar-refractivity contribution >= 4 is 17.7 Å². The van der Waals surface area contributed by atoms with E-state index >= 15 is 0 Å². The van der Waals surface area contributed by atoms with E-state index in [1.54, 1.807) is 18.5 Å². The molecule has 1 amide bonds. The molecular weight excluding hydrogens is 324 g/mol. The first-order valence-corrected chi connectivity index (χ1v) is 8.94. The molecule has 0 unspecified atom stereocenters. The van der Waals surface area contributed by atoms with Crippen molar-refractivity contribution in [3.05, 3.63) is 54.1 Å². The summed E-state index contributed by atoms with van der Waals surface area (Å²) >= 11 is 1.92. The number of carbonyl (C=O) groups is 1. The number of hydrogen-bond acceptors (Lipinski definition) is 6. The average molecular weight is 342 g/mol. The van der Waals surface area contributed by atoms with Crippen molar-refractivity contribution in [3.8, 4) is 0 Å². The lowest BCUT2D eigenvalue weighted by Gasteiger charge is -2.47. The van der Waals surface area contributed by atoms with Gasteiger partial charge in [0.25, 0.3) is 5.91 Å². The Labute approximate surface area is 144 Å². The molecule has 24 heavy (non-hydrogen) atoms. The fourth-order valence-corrected chi connectivity index (χ4v) is 4.76. The third-order valence-electron chi connectivity index (χ3n) is 4.44. The smallest absolute Gasteiger partial charge is 0.255 e. The van der Waals surface area contributed by atoms with Crippen molar-refractivity contribution < 1.29 is 9.53 Å². The zero-order valence-electron chi connectivity index (χ0n) is 13.2. The summed E-state index contributed by atoms with van der Waals surface area (Å²) in [4.78, 5) is 18.5. The molecule has 1 atom stereocenters. The van der Waals surface area contributed by atoms with Crippen molar-refractivity contribution in [1.82, 2.24) is 20.1 Å². The van der Waals surface area contributed by atoms with Gasteiger partial charge >= 0.3 is 0 Å². The van der Waals surface area contributed by atoms with E-state index in [9.17, 15) is 4.79 Å². The third kappa shape index (κ3) is 3.14. The first kappa shape index (κ1) is 15.5. The summed E-state index contributed by atoms with van der Waals surface area (Å²) in [5.41, 5.74) is 1.56. The van der Waals surface area contributed by atoms with Crippen molar-refractivity contribution in [1.29, 1.82) is 0 Å².